The van der Waals surface area contributed by atoms with Gasteiger partial charge >= 0.3 is 12.1 Å². The van der Waals surface area contributed by atoms with Crippen molar-refractivity contribution in [3.05, 3.63) is 35.2 Å². The molecule has 0 N–H and O–H groups in total. The van der Waals surface area contributed by atoms with Gasteiger partial charge in [0.15, 0.2) is 0 Å². The molecule has 0 bridgehead atoms. The Morgan fingerprint density at radius 2 is 2.00 bits per heavy atom. The fourth-order valence-corrected chi connectivity index (χ4v) is 5.49. The maximum atomic E-state index is 13.4. The zero-order valence-electron chi connectivity index (χ0n) is 18.7. The monoisotopic (exact) mass is 478 g/mol. The van der Waals surface area contributed by atoms with E-state index in [0.29, 0.717) is 12.1 Å². The Bertz CT molecular complexity index is 1090. The summed E-state index contributed by atoms with van der Waals surface area (Å²) < 4.78 is 48.6. The Morgan fingerprint density at radius 1 is 1.24 bits per heavy atom. The molecule has 8 nitrogen and oxygen atoms in total. The van der Waals surface area contributed by atoms with Gasteiger partial charge in [-0.3, -0.25) is 9.59 Å². The number of nitrogens with zero attached hydrogens (tertiary/aromatic N) is 4. The zero-order chi connectivity index (χ0) is 24.1. The fourth-order valence-electron chi connectivity index (χ4n) is 5.49. The molecule has 1 aromatic heterocycles. The van der Waals surface area contributed by atoms with Crippen LogP contribution in [-0.2, 0) is 22.3 Å². The number of fused-ring (bicyclic) bond motifs is 1. The van der Waals surface area contributed by atoms with Gasteiger partial charge in [-0.25, -0.2) is 0 Å². The van der Waals surface area contributed by atoms with E-state index in [-0.39, 0.29) is 29.4 Å². The Hall–Kier alpha value is -2.95. The van der Waals surface area contributed by atoms with E-state index < -0.39 is 17.8 Å². The first-order valence-electron chi connectivity index (χ1n) is 11.4. The molecule has 0 radical (unpaired) electrons. The summed E-state index contributed by atoms with van der Waals surface area (Å²) in [6.45, 7) is 0.377. The molecule has 2 heterocycles. The molecule has 2 atom stereocenters. The number of halogens is 3. The van der Waals surface area contributed by atoms with E-state index in [4.69, 9.17) is 4.74 Å². The standard InChI is InChI=1S/C23H25F3N4O4/c1-33-22(9-4-10-22)30(13-31)18-6-3-2-5-17(18)29-12-15-8-7-14(11-16(15)20(29)32)19-27-21(34-28-19)23(24,25)26/h7-8,11,13,17-18H,2-6,9-10,12H2,1H3/t17-,18-/m1/s1. The largest absolute Gasteiger partial charge is 0.471 e. The van der Waals surface area contributed by atoms with Crippen molar-refractivity contribution in [3.8, 4) is 11.4 Å². The van der Waals surface area contributed by atoms with Gasteiger partial charge in [-0.05, 0) is 43.7 Å². The van der Waals surface area contributed by atoms with E-state index in [2.05, 4.69) is 14.7 Å². The van der Waals surface area contributed by atoms with Crippen molar-refractivity contribution >= 4 is 12.3 Å². The van der Waals surface area contributed by atoms with Crippen molar-refractivity contribution in [2.24, 2.45) is 0 Å². The first-order valence-corrected chi connectivity index (χ1v) is 11.4. The second kappa shape index (κ2) is 8.37. The van der Waals surface area contributed by atoms with Crippen molar-refractivity contribution in [1.82, 2.24) is 19.9 Å². The van der Waals surface area contributed by atoms with E-state index in [0.717, 1.165) is 56.9 Å². The maximum absolute atomic E-state index is 13.4. The molecule has 2 aliphatic carbocycles. The normalized spacial score (nSPS) is 24.0. The lowest BCUT2D eigenvalue weighted by molar-refractivity contribution is -0.203. The fraction of sp³-hybridized carbons (Fsp3) is 0.565. The number of carbonyl (C=O) groups excluding carboxylic acids is 2. The van der Waals surface area contributed by atoms with Crippen molar-refractivity contribution in [2.75, 3.05) is 7.11 Å². The quantitative estimate of drug-likeness (QED) is 0.461. The van der Waals surface area contributed by atoms with Crippen LogP contribution in [0.2, 0.25) is 0 Å². The highest BCUT2D eigenvalue weighted by molar-refractivity contribution is 5.99. The number of alkyl halides is 3. The Morgan fingerprint density at radius 3 is 2.62 bits per heavy atom. The van der Waals surface area contributed by atoms with E-state index >= 15 is 0 Å². The molecule has 2 amide bonds. The summed E-state index contributed by atoms with van der Waals surface area (Å²) in [5.41, 5.74) is 0.846. The van der Waals surface area contributed by atoms with E-state index in [1.807, 2.05) is 0 Å². The second-order valence-corrected chi connectivity index (χ2v) is 9.16. The Kier molecular flexibility index (Phi) is 5.62. The van der Waals surface area contributed by atoms with Crippen LogP contribution >= 0.6 is 0 Å². The first kappa shape index (κ1) is 22.8. The molecule has 0 unspecified atom stereocenters. The van der Waals surface area contributed by atoms with Gasteiger partial charge in [0.1, 0.15) is 5.72 Å². The third-order valence-corrected chi connectivity index (χ3v) is 7.42. The van der Waals surface area contributed by atoms with Gasteiger partial charge in [-0.2, -0.15) is 18.2 Å². The third-order valence-electron chi connectivity index (χ3n) is 7.42. The number of methoxy groups -OCH3 is 1. The molecule has 2 aromatic rings. The summed E-state index contributed by atoms with van der Waals surface area (Å²) in [7, 11) is 1.62. The minimum absolute atomic E-state index is 0.157. The van der Waals surface area contributed by atoms with Gasteiger partial charge in [0.05, 0.1) is 12.1 Å². The molecule has 3 aliphatic rings. The molecular formula is C23H25F3N4O4. The van der Waals surface area contributed by atoms with Crippen LogP contribution in [0.15, 0.2) is 22.7 Å². The van der Waals surface area contributed by atoms with E-state index in [1.54, 1.807) is 29.0 Å². The van der Waals surface area contributed by atoms with Crippen molar-refractivity contribution in [2.45, 2.75) is 75.5 Å². The zero-order valence-corrected chi connectivity index (χ0v) is 18.7. The number of hydrogen-bond acceptors (Lipinski definition) is 6. The lowest BCUT2D eigenvalue weighted by Gasteiger charge is -2.53. The highest BCUT2D eigenvalue weighted by Crippen LogP contribution is 2.43. The summed E-state index contributed by atoms with van der Waals surface area (Å²) in [6.07, 6.45) is 2.09. The van der Waals surface area contributed by atoms with Crippen molar-refractivity contribution < 1.29 is 32.0 Å². The van der Waals surface area contributed by atoms with Crippen LogP contribution in [-0.4, -0.2) is 57.2 Å². The predicted molar refractivity (Wildman–Crippen MR) is 112 cm³/mol. The molecule has 2 fully saturated rings. The maximum Gasteiger partial charge on any atom is 0.471 e. The molecule has 11 heteroatoms. The first-order chi connectivity index (χ1) is 16.3. The summed E-state index contributed by atoms with van der Waals surface area (Å²) >= 11 is 0. The molecule has 34 heavy (non-hydrogen) atoms. The number of amides is 2. The van der Waals surface area contributed by atoms with Crippen LogP contribution in [0.5, 0.6) is 0 Å². The molecule has 5 rings (SSSR count). The topological polar surface area (TPSA) is 88.8 Å². The highest BCUT2D eigenvalue weighted by Gasteiger charge is 2.49. The average molecular weight is 478 g/mol. The van der Waals surface area contributed by atoms with Crippen LogP contribution in [0.3, 0.4) is 0 Å². The molecular weight excluding hydrogens is 453 g/mol. The Labute approximate surface area is 194 Å². The minimum Gasteiger partial charge on any atom is -0.359 e. The number of rotatable bonds is 6. The number of aromatic nitrogens is 2. The lowest BCUT2D eigenvalue weighted by atomic mass is 9.81. The summed E-state index contributed by atoms with van der Waals surface area (Å²) in [5, 5.41) is 3.42. The molecule has 1 aromatic carbocycles. The minimum atomic E-state index is -4.74. The van der Waals surface area contributed by atoms with E-state index in [9.17, 15) is 22.8 Å². The molecule has 2 saturated carbocycles. The van der Waals surface area contributed by atoms with Crippen molar-refractivity contribution in [3.63, 3.8) is 0 Å². The number of ether oxygens (including phenoxy) is 1. The summed E-state index contributed by atoms with van der Waals surface area (Å²) in [5.74, 6) is -1.87. The van der Waals surface area contributed by atoms with E-state index in [1.165, 1.54) is 6.07 Å². The van der Waals surface area contributed by atoms with Gasteiger partial charge in [0, 0.05) is 24.8 Å². The number of benzene rings is 1. The van der Waals surface area contributed by atoms with Crippen LogP contribution < -0.4 is 0 Å². The van der Waals surface area contributed by atoms with Gasteiger partial charge in [0.2, 0.25) is 12.2 Å². The van der Waals surface area contributed by atoms with Gasteiger partial charge in [-0.15, -0.1) is 0 Å². The Balaban J connectivity index is 1.41. The molecule has 1 aliphatic heterocycles. The number of carbonyl (C=O) groups is 2. The SMILES string of the molecule is COC1(N(C=O)[C@@H]2CCCC[C@H]2N2Cc3ccc(-c4noc(C(F)(F)F)n4)cc3C2=O)CCC1. The average Bonchev–Trinajstić information content (AvgIpc) is 3.42. The van der Waals surface area contributed by atoms with Gasteiger partial charge < -0.3 is 19.1 Å². The summed E-state index contributed by atoms with van der Waals surface area (Å²) in [4.78, 5) is 32.6. The third kappa shape index (κ3) is 3.66. The van der Waals surface area contributed by atoms with Crippen LogP contribution in [0.25, 0.3) is 11.4 Å². The predicted octanol–water partition coefficient (Wildman–Crippen LogP) is 4.01. The molecule has 182 valence electrons. The van der Waals surface area contributed by atoms with Gasteiger partial charge in [0.25, 0.3) is 5.91 Å². The van der Waals surface area contributed by atoms with Crippen LogP contribution in [0, 0.1) is 0 Å². The lowest BCUT2D eigenvalue weighted by Crippen LogP contribution is -2.64. The van der Waals surface area contributed by atoms with Gasteiger partial charge in [-0.1, -0.05) is 30.1 Å². The highest BCUT2D eigenvalue weighted by atomic mass is 19.4. The van der Waals surface area contributed by atoms with Crippen LogP contribution in [0.4, 0.5) is 13.2 Å². The smallest absolute Gasteiger partial charge is 0.359 e. The number of hydrogen-bond donors (Lipinski definition) is 0. The molecule has 0 spiro atoms. The second-order valence-electron chi connectivity index (χ2n) is 9.16. The van der Waals surface area contributed by atoms with Crippen molar-refractivity contribution in [1.29, 1.82) is 0 Å². The summed E-state index contributed by atoms with van der Waals surface area (Å²) in [6, 6.07) is 4.49. The molecule has 0 saturated heterocycles. The van der Waals surface area contributed by atoms with Crippen LogP contribution in [0.1, 0.15) is 66.8 Å².